The van der Waals surface area contributed by atoms with E-state index in [2.05, 4.69) is 49.2 Å². The molecule has 0 bridgehead atoms. The van der Waals surface area contributed by atoms with Crippen LogP contribution in [0.5, 0.6) is 0 Å². The van der Waals surface area contributed by atoms with Gasteiger partial charge in [0.25, 0.3) is 0 Å². The highest BCUT2D eigenvalue weighted by atomic mass is 14.9. The van der Waals surface area contributed by atoms with Crippen molar-refractivity contribution in [3.63, 3.8) is 0 Å². The van der Waals surface area contributed by atoms with Gasteiger partial charge in [0.1, 0.15) is 0 Å². The van der Waals surface area contributed by atoms with Crippen molar-refractivity contribution in [2.75, 3.05) is 5.32 Å². The maximum Gasteiger partial charge on any atom is 0.0460 e. The topological polar surface area (TPSA) is 12.0 Å². The summed E-state index contributed by atoms with van der Waals surface area (Å²) in [7, 11) is 0. The van der Waals surface area contributed by atoms with Crippen molar-refractivity contribution in [1.29, 1.82) is 0 Å². The molecular formula is C17H21N. The van der Waals surface area contributed by atoms with Gasteiger partial charge in [0.2, 0.25) is 0 Å². The average molecular weight is 239 g/mol. The highest BCUT2D eigenvalue weighted by molar-refractivity contribution is 5.71. The van der Waals surface area contributed by atoms with Crippen LogP contribution >= 0.6 is 0 Å². The first-order valence-electron chi connectivity index (χ1n) is 6.35. The van der Waals surface area contributed by atoms with Gasteiger partial charge < -0.3 is 5.32 Å². The van der Waals surface area contributed by atoms with Gasteiger partial charge in [-0.05, 0) is 36.2 Å². The number of para-hydroxylation sites is 1. The summed E-state index contributed by atoms with van der Waals surface area (Å²) in [6, 6.07) is 16.4. The van der Waals surface area contributed by atoms with Crippen LogP contribution in [-0.4, -0.2) is 0 Å². The molecule has 0 aliphatic rings. The highest BCUT2D eigenvalue weighted by Gasteiger charge is 1.99. The molecule has 0 atom stereocenters. The molecule has 0 amide bonds. The standard InChI is InChI=1S/C15H15N.C2H6/c1-3-13-10-9-12(2)11-15(13)16-14-7-5-4-6-8-14;1-2/h3-11,16H,1H2,2H3;1-2H3. The molecule has 0 aliphatic carbocycles. The minimum absolute atomic E-state index is 1.09. The fourth-order valence-corrected chi connectivity index (χ4v) is 1.63. The van der Waals surface area contributed by atoms with Gasteiger partial charge in [-0.1, -0.05) is 56.8 Å². The van der Waals surface area contributed by atoms with Crippen molar-refractivity contribution in [1.82, 2.24) is 0 Å². The van der Waals surface area contributed by atoms with Crippen LogP contribution in [0.2, 0.25) is 0 Å². The third kappa shape index (κ3) is 3.77. The second-order valence-electron chi connectivity index (χ2n) is 3.79. The quantitative estimate of drug-likeness (QED) is 0.755. The number of hydrogen-bond donors (Lipinski definition) is 1. The molecule has 18 heavy (non-hydrogen) atoms. The van der Waals surface area contributed by atoms with E-state index in [9.17, 15) is 0 Å². The third-order valence-corrected chi connectivity index (χ3v) is 2.48. The fourth-order valence-electron chi connectivity index (χ4n) is 1.63. The van der Waals surface area contributed by atoms with E-state index < -0.39 is 0 Å². The smallest absolute Gasteiger partial charge is 0.0460 e. The molecule has 1 N–H and O–H groups in total. The molecule has 1 nitrogen and oxygen atoms in total. The van der Waals surface area contributed by atoms with Gasteiger partial charge in [0, 0.05) is 11.4 Å². The van der Waals surface area contributed by atoms with E-state index in [1.165, 1.54) is 5.56 Å². The Labute approximate surface area is 110 Å². The van der Waals surface area contributed by atoms with Crippen molar-refractivity contribution in [2.24, 2.45) is 0 Å². The van der Waals surface area contributed by atoms with E-state index >= 15 is 0 Å². The maximum atomic E-state index is 3.82. The Kier molecular flexibility index (Phi) is 5.72. The Bertz CT molecular complexity index is 486. The molecule has 0 saturated carbocycles. The van der Waals surface area contributed by atoms with Gasteiger partial charge in [-0.3, -0.25) is 0 Å². The summed E-state index contributed by atoms with van der Waals surface area (Å²) in [5, 5.41) is 3.39. The summed E-state index contributed by atoms with van der Waals surface area (Å²) in [6.45, 7) is 9.91. The lowest BCUT2D eigenvalue weighted by molar-refractivity contribution is 1.44. The zero-order chi connectivity index (χ0) is 13.4. The summed E-state index contributed by atoms with van der Waals surface area (Å²) < 4.78 is 0. The molecule has 0 saturated heterocycles. The first kappa shape index (κ1) is 14.0. The molecule has 0 heterocycles. The van der Waals surface area contributed by atoms with Gasteiger partial charge in [-0.15, -0.1) is 0 Å². The van der Waals surface area contributed by atoms with Crippen molar-refractivity contribution in [3.8, 4) is 0 Å². The van der Waals surface area contributed by atoms with Crippen molar-refractivity contribution in [3.05, 3.63) is 66.2 Å². The molecular weight excluding hydrogens is 218 g/mol. The summed E-state index contributed by atoms with van der Waals surface area (Å²) >= 11 is 0. The van der Waals surface area contributed by atoms with Gasteiger partial charge in [0.15, 0.2) is 0 Å². The Balaban J connectivity index is 0.000000771. The van der Waals surface area contributed by atoms with E-state index in [1.807, 2.05) is 38.1 Å². The van der Waals surface area contributed by atoms with Gasteiger partial charge in [-0.2, -0.15) is 0 Å². The Morgan fingerprint density at radius 3 is 2.28 bits per heavy atom. The van der Waals surface area contributed by atoms with Gasteiger partial charge in [-0.25, -0.2) is 0 Å². The van der Waals surface area contributed by atoms with Gasteiger partial charge >= 0.3 is 0 Å². The van der Waals surface area contributed by atoms with Crippen LogP contribution < -0.4 is 5.32 Å². The first-order chi connectivity index (χ1) is 8.79. The van der Waals surface area contributed by atoms with E-state index in [0.717, 1.165) is 16.9 Å². The molecule has 0 spiro atoms. The molecule has 2 aromatic rings. The summed E-state index contributed by atoms with van der Waals surface area (Å²) in [6.07, 6.45) is 1.87. The van der Waals surface area contributed by atoms with Gasteiger partial charge in [0.05, 0.1) is 0 Å². The molecule has 0 radical (unpaired) electrons. The second-order valence-corrected chi connectivity index (χ2v) is 3.79. The Hall–Kier alpha value is -2.02. The largest absolute Gasteiger partial charge is 0.355 e. The fraction of sp³-hybridized carbons (Fsp3) is 0.176. The second kappa shape index (κ2) is 7.33. The molecule has 0 fully saturated rings. The van der Waals surface area contributed by atoms with Crippen molar-refractivity contribution >= 4 is 17.5 Å². The summed E-state index contributed by atoms with van der Waals surface area (Å²) in [4.78, 5) is 0. The van der Waals surface area contributed by atoms with Crippen LogP contribution in [0.1, 0.15) is 25.0 Å². The lowest BCUT2D eigenvalue weighted by atomic mass is 10.1. The maximum absolute atomic E-state index is 3.82. The number of hydrogen-bond acceptors (Lipinski definition) is 1. The molecule has 0 unspecified atom stereocenters. The van der Waals surface area contributed by atoms with Crippen LogP contribution in [0, 0.1) is 6.92 Å². The molecule has 2 rings (SSSR count). The lowest BCUT2D eigenvalue weighted by Gasteiger charge is -2.10. The number of aryl methyl sites for hydroxylation is 1. The van der Waals surface area contributed by atoms with E-state index in [4.69, 9.17) is 0 Å². The monoisotopic (exact) mass is 239 g/mol. The van der Waals surface area contributed by atoms with Crippen LogP contribution in [0.4, 0.5) is 11.4 Å². The van der Waals surface area contributed by atoms with Crippen LogP contribution in [-0.2, 0) is 0 Å². The highest BCUT2D eigenvalue weighted by Crippen LogP contribution is 2.22. The first-order valence-corrected chi connectivity index (χ1v) is 6.35. The molecule has 1 heteroatoms. The van der Waals surface area contributed by atoms with Crippen LogP contribution in [0.3, 0.4) is 0 Å². The number of rotatable bonds is 3. The SMILES string of the molecule is C=Cc1ccc(C)cc1Nc1ccccc1.CC. The minimum Gasteiger partial charge on any atom is -0.355 e. The summed E-state index contributed by atoms with van der Waals surface area (Å²) in [5.41, 5.74) is 4.55. The average Bonchev–Trinajstić information content (AvgIpc) is 2.42. The van der Waals surface area contributed by atoms with E-state index in [-0.39, 0.29) is 0 Å². The molecule has 0 aliphatic heterocycles. The van der Waals surface area contributed by atoms with E-state index in [1.54, 1.807) is 0 Å². The minimum atomic E-state index is 1.09. The van der Waals surface area contributed by atoms with Crippen molar-refractivity contribution in [2.45, 2.75) is 20.8 Å². The van der Waals surface area contributed by atoms with Crippen molar-refractivity contribution < 1.29 is 0 Å². The predicted molar refractivity (Wildman–Crippen MR) is 82.3 cm³/mol. The third-order valence-electron chi connectivity index (χ3n) is 2.48. The normalized spacial score (nSPS) is 9.06. The zero-order valence-corrected chi connectivity index (χ0v) is 11.4. The number of nitrogens with one attached hydrogen (secondary N) is 1. The number of benzene rings is 2. The zero-order valence-electron chi connectivity index (χ0n) is 11.4. The predicted octanol–water partition coefficient (Wildman–Crippen LogP) is 5.41. The Morgan fingerprint density at radius 1 is 1.00 bits per heavy atom. The van der Waals surface area contributed by atoms with E-state index in [0.29, 0.717) is 0 Å². The summed E-state index contributed by atoms with van der Waals surface area (Å²) in [5.74, 6) is 0. The lowest BCUT2D eigenvalue weighted by Crippen LogP contribution is -1.93. The molecule has 2 aromatic carbocycles. The van der Waals surface area contributed by atoms with Crippen LogP contribution in [0.15, 0.2) is 55.1 Å². The molecule has 94 valence electrons. The number of anilines is 2. The van der Waals surface area contributed by atoms with Crippen LogP contribution in [0.25, 0.3) is 6.08 Å². The molecule has 0 aromatic heterocycles. The Morgan fingerprint density at radius 2 is 1.67 bits per heavy atom.